The highest BCUT2D eigenvalue weighted by Crippen LogP contribution is 2.22. The van der Waals surface area contributed by atoms with Gasteiger partial charge in [-0.25, -0.2) is 0 Å². The van der Waals surface area contributed by atoms with Gasteiger partial charge in [0.15, 0.2) is 0 Å². The van der Waals surface area contributed by atoms with Crippen molar-refractivity contribution in [2.45, 2.75) is 44.6 Å². The summed E-state index contributed by atoms with van der Waals surface area (Å²) in [6, 6.07) is 3.09. The Balaban J connectivity index is 1.77. The Morgan fingerprint density at radius 2 is 1.56 bits per heavy atom. The van der Waals surface area contributed by atoms with Crippen molar-refractivity contribution in [2.75, 3.05) is 32.7 Å². The van der Waals surface area contributed by atoms with E-state index in [4.69, 9.17) is 5.26 Å². The van der Waals surface area contributed by atoms with Gasteiger partial charge >= 0.3 is 0 Å². The second-order valence-corrected chi connectivity index (χ2v) is 5.12. The summed E-state index contributed by atoms with van der Waals surface area (Å²) in [4.78, 5) is 4.94. The average molecular weight is 221 g/mol. The van der Waals surface area contributed by atoms with Crippen molar-refractivity contribution in [1.82, 2.24) is 9.80 Å². The number of nitriles is 1. The minimum absolute atomic E-state index is 0.610. The van der Waals surface area contributed by atoms with Gasteiger partial charge in [-0.2, -0.15) is 5.26 Å². The van der Waals surface area contributed by atoms with Gasteiger partial charge in [-0.05, 0) is 12.8 Å². The van der Waals surface area contributed by atoms with Crippen LogP contribution in [0.5, 0.6) is 0 Å². The molecule has 90 valence electrons. The molecule has 2 rings (SSSR count). The van der Waals surface area contributed by atoms with E-state index in [0.29, 0.717) is 6.54 Å². The molecule has 0 bridgehead atoms. The van der Waals surface area contributed by atoms with Crippen molar-refractivity contribution in [3.8, 4) is 6.07 Å². The van der Waals surface area contributed by atoms with E-state index in [1.807, 2.05) is 0 Å². The van der Waals surface area contributed by atoms with Crippen LogP contribution in [-0.4, -0.2) is 48.6 Å². The van der Waals surface area contributed by atoms with Gasteiger partial charge in [0.1, 0.15) is 0 Å². The molecule has 0 aromatic heterocycles. The average Bonchev–Trinajstić information content (AvgIpc) is 2.59. The summed E-state index contributed by atoms with van der Waals surface area (Å²) in [5.74, 6) is 0. The molecule has 0 aromatic carbocycles. The molecule has 0 radical (unpaired) electrons. The van der Waals surface area contributed by atoms with E-state index in [-0.39, 0.29) is 0 Å². The maximum Gasteiger partial charge on any atom is 0.0866 e. The van der Waals surface area contributed by atoms with Crippen molar-refractivity contribution in [1.29, 1.82) is 5.26 Å². The molecule has 2 aliphatic rings. The highest BCUT2D eigenvalue weighted by Gasteiger charge is 2.23. The lowest BCUT2D eigenvalue weighted by molar-refractivity contribution is 0.0963. The van der Waals surface area contributed by atoms with Crippen LogP contribution in [0.4, 0.5) is 0 Å². The highest BCUT2D eigenvalue weighted by molar-refractivity contribution is 4.84. The number of nitrogens with zero attached hydrogens (tertiary/aromatic N) is 3. The van der Waals surface area contributed by atoms with Crippen LogP contribution in [-0.2, 0) is 0 Å². The topological polar surface area (TPSA) is 30.3 Å². The zero-order valence-corrected chi connectivity index (χ0v) is 10.2. The summed E-state index contributed by atoms with van der Waals surface area (Å²) >= 11 is 0. The Kier molecular flexibility index (Phi) is 4.62. The second kappa shape index (κ2) is 6.22. The van der Waals surface area contributed by atoms with Gasteiger partial charge < -0.3 is 0 Å². The van der Waals surface area contributed by atoms with Crippen LogP contribution in [0.1, 0.15) is 38.5 Å². The predicted octanol–water partition coefficient (Wildman–Crippen LogP) is 1.85. The third-order valence-corrected chi connectivity index (χ3v) is 4.04. The lowest BCUT2D eigenvalue weighted by Gasteiger charge is -2.38. The van der Waals surface area contributed by atoms with Gasteiger partial charge in [0.25, 0.3) is 0 Å². The zero-order chi connectivity index (χ0) is 11.2. The normalized spacial score (nSPS) is 26.2. The first kappa shape index (κ1) is 11.9. The number of hydrogen-bond donors (Lipinski definition) is 0. The molecule has 3 nitrogen and oxygen atoms in total. The summed E-state index contributed by atoms with van der Waals surface area (Å²) in [6.07, 6.45) is 8.51. The summed E-state index contributed by atoms with van der Waals surface area (Å²) < 4.78 is 0. The van der Waals surface area contributed by atoms with E-state index in [9.17, 15) is 0 Å². The van der Waals surface area contributed by atoms with Crippen molar-refractivity contribution in [2.24, 2.45) is 0 Å². The quantitative estimate of drug-likeness (QED) is 0.526. The molecule has 1 saturated carbocycles. The molecule has 0 aromatic rings. The van der Waals surface area contributed by atoms with E-state index in [1.165, 1.54) is 51.6 Å². The van der Waals surface area contributed by atoms with E-state index in [1.54, 1.807) is 0 Å². The van der Waals surface area contributed by atoms with Crippen LogP contribution in [0.15, 0.2) is 0 Å². The lowest BCUT2D eigenvalue weighted by atomic mass is 10.1. The first-order valence-electron chi connectivity index (χ1n) is 6.73. The molecular weight excluding hydrogens is 198 g/mol. The van der Waals surface area contributed by atoms with Crippen molar-refractivity contribution in [3.63, 3.8) is 0 Å². The molecule has 1 saturated heterocycles. The molecule has 16 heavy (non-hydrogen) atoms. The van der Waals surface area contributed by atoms with Gasteiger partial charge in [0.05, 0.1) is 12.6 Å². The fourth-order valence-corrected chi connectivity index (χ4v) is 3.01. The fourth-order valence-electron chi connectivity index (χ4n) is 3.01. The third-order valence-electron chi connectivity index (χ3n) is 4.04. The molecule has 1 heterocycles. The van der Waals surface area contributed by atoms with Crippen LogP contribution in [0, 0.1) is 11.3 Å². The highest BCUT2D eigenvalue weighted by atomic mass is 15.3. The first-order chi connectivity index (χ1) is 7.90. The summed E-state index contributed by atoms with van der Waals surface area (Å²) in [7, 11) is 0. The van der Waals surface area contributed by atoms with Crippen LogP contribution >= 0.6 is 0 Å². The van der Waals surface area contributed by atoms with Crippen molar-refractivity contribution >= 4 is 0 Å². The standard InChI is InChI=1S/C13H23N3/c14-7-8-15-9-11-16(12-10-15)13-5-3-1-2-4-6-13/h13H,1-6,8-12H2. The van der Waals surface area contributed by atoms with E-state index >= 15 is 0 Å². The van der Waals surface area contributed by atoms with Crippen molar-refractivity contribution < 1.29 is 0 Å². The SMILES string of the molecule is N#CCN1CCN(C2CCCCCC2)CC1. The molecule has 0 unspecified atom stereocenters. The third kappa shape index (κ3) is 3.20. The van der Waals surface area contributed by atoms with E-state index in [0.717, 1.165) is 19.1 Å². The van der Waals surface area contributed by atoms with Crippen LogP contribution in [0.2, 0.25) is 0 Å². The fraction of sp³-hybridized carbons (Fsp3) is 0.923. The molecular formula is C13H23N3. The van der Waals surface area contributed by atoms with Crippen LogP contribution < -0.4 is 0 Å². The maximum absolute atomic E-state index is 8.67. The monoisotopic (exact) mass is 221 g/mol. The Bertz CT molecular complexity index is 230. The summed E-state index contributed by atoms with van der Waals surface area (Å²) in [6.45, 7) is 5.13. The molecule has 0 atom stereocenters. The maximum atomic E-state index is 8.67. The van der Waals surface area contributed by atoms with Gasteiger partial charge in [-0.15, -0.1) is 0 Å². The minimum atomic E-state index is 0.610. The number of rotatable bonds is 2. The zero-order valence-electron chi connectivity index (χ0n) is 10.2. The number of piperazine rings is 1. The Labute approximate surface area is 99.0 Å². The summed E-state index contributed by atoms with van der Waals surface area (Å²) in [5.41, 5.74) is 0. The second-order valence-electron chi connectivity index (χ2n) is 5.12. The molecule has 0 spiro atoms. The molecule has 1 aliphatic heterocycles. The first-order valence-corrected chi connectivity index (χ1v) is 6.73. The van der Waals surface area contributed by atoms with Gasteiger partial charge in [-0.1, -0.05) is 25.7 Å². The molecule has 0 amide bonds. The van der Waals surface area contributed by atoms with Crippen LogP contribution in [0.25, 0.3) is 0 Å². The van der Waals surface area contributed by atoms with E-state index in [2.05, 4.69) is 15.9 Å². The molecule has 3 heteroatoms. The van der Waals surface area contributed by atoms with Crippen molar-refractivity contribution in [3.05, 3.63) is 0 Å². The lowest BCUT2D eigenvalue weighted by Crippen LogP contribution is -2.50. The molecule has 2 fully saturated rings. The van der Waals surface area contributed by atoms with E-state index < -0.39 is 0 Å². The Morgan fingerprint density at radius 3 is 2.12 bits per heavy atom. The number of hydrogen-bond acceptors (Lipinski definition) is 3. The largest absolute Gasteiger partial charge is 0.298 e. The predicted molar refractivity (Wildman–Crippen MR) is 65.1 cm³/mol. The Morgan fingerprint density at radius 1 is 0.938 bits per heavy atom. The molecule has 0 N–H and O–H groups in total. The van der Waals surface area contributed by atoms with Gasteiger partial charge in [0, 0.05) is 32.2 Å². The summed E-state index contributed by atoms with van der Waals surface area (Å²) in [5, 5.41) is 8.67. The smallest absolute Gasteiger partial charge is 0.0866 e. The molecule has 1 aliphatic carbocycles. The Hall–Kier alpha value is -0.590. The van der Waals surface area contributed by atoms with Gasteiger partial charge in [-0.3, -0.25) is 9.80 Å². The minimum Gasteiger partial charge on any atom is -0.298 e. The van der Waals surface area contributed by atoms with Gasteiger partial charge in [0.2, 0.25) is 0 Å². The van der Waals surface area contributed by atoms with Crippen LogP contribution in [0.3, 0.4) is 0 Å².